The maximum atomic E-state index is 2.48. The Balaban J connectivity index is 1.30. The van der Waals surface area contributed by atoms with Crippen molar-refractivity contribution in [1.29, 1.82) is 0 Å². The summed E-state index contributed by atoms with van der Waals surface area (Å²) >= 11 is 0. The Bertz CT molecular complexity index is 2410. The Hall–Kier alpha value is -5.20. The summed E-state index contributed by atoms with van der Waals surface area (Å²) in [4.78, 5) is 0. The first-order valence-electron chi connectivity index (χ1n) is 15.2. The van der Waals surface area contributed by atoms with Crippen molar-refractivity contribution >= 4 is 43.1 Å². The van der Waals surface area contributed by atoms with Crippen LogP contribution in [0.5, 0.6) is 0 Å². The Morgan fingerprint density at radius 1 is 0.372 bits per heavy atom. The predicted octanol–water partition coefficient (Wildman–Crippen LogP) is 11.9. The van der Waals surface area contributed by atoms with Crippen molar-refractivity contribution in [2.45, 2.75) is 19.3 Å². The van der Waals surface area contributed by atoms with Gasteiger partial charge in [-0.3, -0.25) is 0 Å². The highest BCUT2D eigenvalue weighted by atomic mass is 14.4. The lowest BCUT2D eigenvalue weighted by Crippen LogP contribution is -2.15. The monoisotopic (exact) mass is 546 g/mol. The molecule has 0 heteroatoms. The molecule has 0 bridgehead atoms. The summed E-state index contributed by atoms with van der Waals surface area (Å²) in [5.41, 5.74) is 10.6. The third-order valence-electron chi connectivity index (χ3n) is 9.81. The fraction of sp³-hybridized carbons (Fsp3) is 0.0698. The smallest absolute Gasteiger partial charge is 0.0165 e. The highest BCUT2D eigenvalue weighted by Gasteiger charge is 2.37. The van der Waals surface area contributed by atoms with E-state index < -0.39 is 0 Å². The maximum Gasteiger partial charge on any atom is 0.0165 e. The molecule has 0 saturated heterocycles. The number of benzene rings is 8. The Morgan fingerprint density at radius 3 is 1.93 bits per heavy atom. The third kappa shape index (κ3) is 3.44. The first-order valence-corrected chi connectivity index (χ1v) is 15.2. The second kappa shape index (κ2) is 8.90. The Labute approximate surface area is 251 Å². The highest BCUT2D eigenvalue weighted by molar-refractivity contribution is 6.20. The van der Waals surface area contributed by atoms with Gasteiger partial charge in [0.05, 0.1) is 0 Å². The van der Waals surface area contributed by atoms with Gasteiger partial charge < -0.3 is 0 Å². The lowest BCUT2D eigenvalue weighted by molar-refractivity contribution is 0.666. The first-order chi connectivity index (χ1) is 21.1. The molecule has 8 aromatic rings. The van der Waals surface area contributed by atoms with Crippen LogP contribution in [-0.2, 0) is 5.41 Å². The van der Waals surface area contributed by atoms with Crippen LogP contribution in [0, 0.1) is 0 Å². The lowest BCUT2D eigenvalue weighted by Gasteiger charge is -2.24. The van der Waals surface area contributed by atoms with Crippen molar-refractivity contribution in [3.8, 4) is 33.4 Å². The zero-order valence-corrected chi connectivity index (χ0v) is 24.4. The molecule has 9 rings (SSSR count). The van der Waals surface area contributed by atoms with E-state index in [4.69, 9.17) is 0 Å². The van der Waals surface area contributed by atoms with Crippen LogP contribution in [0.15, 0.2) is 146 Å². The van der Waals surface area contributed by atoms with E-state index in [2.05, 4.69) is 159 Å². The normalized spacial score (nSPS) is 13.5. The van der Waals surface area contributed by atoms with Crippen molar-refractivity contribution in [3.63, 3.8) is 0 Å². The lowest BCUT2D eigenvalue weighted by atomic mass is 9.78. The molecular formula is C43H30. The van der Waals surface area contributed by atoms with Crippen molar-refractivity contribution < 1.29 is 0 Å². The van der Waals surface area contributed by atoms with E-state index in [1.54, 1.807) is 0 Å². The summed E-state index contributed by atoms with van der Waals surface area (Å²) in [6, 6.07) is 54.1. The molecule has 0 spiro atoms. The van der Waals surface area contributed by atoms with Gasteiger partial charge in [-0.25, -0.2) is 0 Å². The minimum absolute atomic E-state index is 0.136. The van der Waals surface area contributed by atoms with Crippen LogP contribution < -0.4 is 0 Å². The van der Waals surface area contributed by atoms with Gasteiger partial charge in [0.15, 0.2) is 0 Å². The third-order valence-corrected chi connectivity index (χ3v) is 9.81. The van der Waals surface area contributed by atoms with Crippen LogP contribution in [0.4, 0.5) is 0 Å². The summed E-state index contributed by atoms with van der Waals surface area (Å²) in [7, 11) is 0. The number of hydrogen-bond acceptors (Lipinski definition) is 0. The Kier molecular flexibility index (Phi) is 5.05. The standard InChI is InChI=1S/C43H30/c1-43(2)40-26-30(41-33-16-9-7-14-29(33)25-39-32-15-8-6-13-28(32)19-22-36(39)41)20-21-35(40)38-24-23-34-31(27-11-4-3-5-12-27)17-10-18-37(34)42(38)43/h3-26H,1-2H3. The number of hydrogen-bond donors (Lipinski definition) is 0. The quantitative estimate of drug-likeness (QED) is 0.149. The van der Waals surface area contributed by atoms with E-state index in [9.17, 15) is 0 Å². The van der Waals surface area contributed by atoms with Gasteiger partial charge in [-0.05, 0) is 99.7 Å². The Morgan fingerprint density at radius 2 is 1.07 bits per heavy atom. The van der Waals surface area contributed by atoms with E-state index in [-0.39, 0.29) is 5.41 Å². The van der Waals surface area contributed by atoms with Crippen molar-refractivity contribution in [2.24, 2.45) is 0 Å². The molecular weight excluding hydrogens is 516 g/mol. The van der Waals surface area contributed by atoms with Crippen molar-refractivity contribution in [2.75, 3.05) is 0 Å². The molecule has 0 aromatic heterocycles. The molecule has 0 heterocycles. The number of rotatable bonds is 2. The zero-order chi connectivity index (χ0) is 28.7. The SMILES string of the molecule is CC1(C)c2cc(-c3c4ccccc4cc4c3ccc3ccccc34)ccc2-c2ccc3c(-c4ccccc4)cccc3c21. The molecule has 8 aromatic carbocycles. The van der Waals surface area contributed by atoms with Crippen LogP contribution in [0.2, 0.25) is 0 Å². The molecule has 43 heavy (non-hydrogen) atoms. The molecule has 0 amide bonds. The van der Waals surface area contributed by atoms with Crippen LogP contribution in [0.3, 0.4) is 0 Å². The van der Waals surface area contributed by atoms with Gasteiger partial charge in [0, 0.05) is 5.41 Å². The van der Waals surface area contributed by atoms with E-state index >= 15 is 0 Å². The zero-order valence-electron chi connectivity index (χ0n) is 24.4. The van der Waals surface area contributed by atoms with E-state index in [0.29, 0.717) is 0 Å². The minimum Gasteiger partial charge on any atom is -0.0622 e. The summed E-state index contributed by atoms with van der Waals surface area (Å²) in [5.74, 6) is 0. The summed E-state index contributed by atoms with van der Waals surface area (Å²) in [5, 5.41) is 10.5. The summed E-state index contributed by atoms with van der Waals surface area (Å²) in [6.45, 7) is 4.82. The van der Waals surface area contributed by atoms with Gasteiger partial charge in [-0.1, -0.05) is 147 Å². The second-order valence-corrected chi connectivity index (χ2v) is 12.5. The van der Waals surface area contributed by atoms with Crippen LogP contribution in [0.25, 0.3) is 76.5 Å². The molecule has 1 aliphatic carbocycles. The molecule has 0 atom stereocenters. The molecule has 0 nitrogen and oxygen atoms in total. The fourth-order valence-corrected chi connectivity index (χ4v) is 7.84. The largest absolute Gasteiger partial charge is 0.0622 e. The van der Waals surface area contributed by atoms with Gasteiger partial charge in [0.2, 0.25) is 0 Å². The molecule has 0 saturated carbocycles. The molecule has 0 radical (unpaired) electrons. The number of fused-ring (bicyclic) bond motifs is 9. The summed E-state index contributed by atoms with van der Waals surface area (Å²) < 4.78 is 0. The van der Waals surface area contributed by atoms with Gasteiger partial charge in [-0.15, -0.1) is 0 Å². The average molecular weight is 547 g/mol. The molecule has 0 N–H and O–H groups in total. The van der Waals surface area contributed by atoms with Crippen molar-refractivity contribution in [3.05, 3.63) is 157 Å². The van der Waals surface area contributed by atoms with Gasteiger partial charge in [-0.2, -0.15) is 0 Å². The first kappa shape index (κ1) is 24.4. The van der Waals surface area contributed by atoms with Gasteiger partial charge >= 0.3 is 0 Å². The minimum atomic E-state index is -0.136. The molecule has 0 aliphatic heterocycles. The van der Waals surface area contributed by atoms with Crippen LogP contribution in [0.1, 0.15) is 25.0 Å². The van der Waals surface area contributed by atoms with E-state index in [1.165, 1.54) is 87.6 Å². The molecule has 0 unspecified atom stereocenters. The van der Waals surface area contributed by atoms with E-state index in [1.807, 2.05) is 0 Å². The van der Waals surface area contributed by atoms with E-state index in [0.717, 1.165) is 0 Å². The van der Waals surface area contributed by atoms with Crippen LogP contribution in [-0.4, -0.2) is 0 Å². The highest BCUT2D eigenvalue weighted by Crippen LogP contribution is 2.53. The predicted molar refractivity (Wildman–Crippen MR) is 185 cm³/mol. The fourth-order valence-electron chi connectivity index (χ4n) is 7.84. The summed E-state index contributed by atoms with van der Waals surface area (Å²) in [6.07, 6.45) is 0. The van der Waals surface area contributed by atoms with Gasteiger partial charge in [0.25, 0.3) is 0 Å². The topological polar surface area (TPSA) is 0 Å². The molecule has 0 fully saturated rings. The maximum absolute atomic E-state index is 2.48. The second-order valence-electron chi connectivity index (χ2n) is 12.5. The molecule has 1 aliphatic rings. The average Bonchev–Trinajstić information content (AvgIpc) is 3.29. The van der Waals surface area contributed by atoms with Gasteiger partial charge in [0.1, 0.15) is 0 Å². The van der Waals surface area contributed by atoms with Crippen LogP contribution >= 0.6 is 0 Å². The van der Waals surface area contributed by atoms with Crippen molar-refractivity contribution in [1.82, 2.24) is 0 Å². The molecule has 202 valence electrons.